The lowest BCUT2D eigenvalue weighted by atomic mass is 9.84. The van der Waals surface area contributed by atoms with Gasteiger partial charge in [0.25, 0.3) is 0 Å². The van der Waals surface area contributed by atoms with Crippen LogP contribution < -0.4 is 0 Å². The number of nitrogens with zero attached hydrogens (tertiary/aromatic N) is 2. The second-order valence-electron chi connectivity index (χ2n) is 7.26. The van der Waals surface area contributed by atoms with E-state index in [9.17, 15) is 14.7 Å². The van der Waals surface area contributed by atoms with Crippen molar-refractivity contribution in [1.82, 2.24) is 9.80 Å². The maximum Gasteiger partial charge on any atom is 0.320 e. The number of piperidine rings is 1. The Morgan fingerprint density at radius 3 is 2.22 bits per heavy atom. The summed E-state index contributed by atoms with van der Waals surface area (Å²) in [5.41, 5.74) is 2.14. The number of hydrogen-bond donors (Lipinski definition) is 1. The summed E-state index contributed by atoms with van der Waals surface area (Å²) >= 11 is 0. The molecule has 2 aromatic rings. The number of carboxylic acid groups (broad SMARTS) is 1. The Morgan fingerprint density at radius 1 is 1.04 bits per heavy atom. The van der Waals surface area contributed by atoms with Gasteiger partial charge in [-0.25, -0.2) is 4.79 Å². The number of benzene rings is 2. The summed E-state index contributed by atoms with van der Waals surface area (Å²) in [6.07, 6.45) is 0.557. The topological polar surface area (TPSA) is 60.9 Å². The normalized spacial score (nSPS) is 20.7. The largest absolute Gasteiger partial charge is 0.481 e. The highest BCUT2D eigenvalue weighted by molar-refractivity contribution is 5.77. The van der Waals surface area contributed by atoms with Crippen molar-refractivity contribution in [2.24, 2.45) is 5.92 Å². The van der Waals surface area contributed by atoms with E-state index in [2.05, 4.69) is 0 Å². The third kappa shape index (κ3) is 4.30. The minimum Gasteiger partial charge on any atom is -0.481 e. The number of amides is 2. The predicted molar refractivity (Wildman–Crippen MR) is 105 cm³/mol. The molecule has 1 saturated heterocycles. The Hall–Kier alpha value is -2.82. The van der Waals surface area contributed by atoms with E-state index in [0.29, 0.717) is 13.0 Å². The van der Waals surface area contributed by atoms with Crippen molar-refractivity contribution < 1.29 is 14.7 Å². The van der Waals surface area contributed by atoms with Crippen molar-refractivity contribution >= 4 is 12.0 Å². The third-order valence-electron chi connectivity index (χ3n) is 5.51. The minimum atomic E-state index is -0.841. The Morgan fingerprint density at radius 2 is 1.63 bits per heavy atom. The molecule has 1 fully saturated rings. The molecule has 0 radical (unpaired) electrons. The van der Waals surface area contributed by atoms with Crippen LogP contribution in [0.15, 0.2) is 60.7 Å². The molecule has 3 unspecified atom stereocenters. The Bertz CT molecular complexity index is 779. The van der Waals surface area contributed by atoms with E-state index < -0.39 is 11.9 Å². The number of urea groups is 1. The van der Waals surface area contributed by atoms with E-state index in [1.165, 1.54) is 0 Å². The van der Waals surface area contributed by atoms with Gasteiger partial charge in [0.1, 0.15) is 0 Å². The highest BCUT2D eigenvalue weighted by atomic mass is 16.4. The number of carbonyl (C=O) groups excluding carboxylic acids is 1. The molecular weight excluding hydrogens is 340 g/mol. The van der Waals surface area contributed by atoms with Crippen molar-refractivity contribution in [2.45, 2.75) is 25.3 Å². The first-order valence-electron chi connectivity index (χ1n) is 9.31. The van der Waals surface area contributed by atoms with Crippen LogP contribution in [0.3, 0.4) is 0 Å². The highest BCUT2D eigenvalue weighted by Crippen LogP contribution is 2.32. The van der Waals surface area contributed by atoms with Crippen LogP contribution in [0.5, 0.6) is 0 Å². The van der Waals surface area contributed by atoms with Gasteiger partial charge in [-0.3, -0.25) is 4.79 Å². The van der Waals surface area contributed by atoms with Gasteiger partial charge >= 0.3 is 12.0 Å². The zero-order chi connectivity index (χ0) is 19.4. The van der Waals surface area contributed by atoms with E-state index >= 15 is 0 Å². The molecule has 1 aliphatic heterocycles. The van der Waals surface area contributed by atoms with Crippen molar-refractivity contribution in [3.05, 3.63) is 71.8 Å². The van der Waals surface area contributed by atoms with Gasteiger partial charge in [-0.05, 0) is 24.5 Å². The zero-order valence-corrected chi connectivity index (χ0v) is 15.8. The van der Waals surface area contributed by atoms with Crippen LogP contribution in [-0.2, 0) is 4.79 Å². The molecule has 142 valence electrons. The van der Waals surface area contributed by atoms with Gasteiger partial charge in [0.15, 0.2) is 0 Å². The Labute approximate surface area is 160 Å². The van der Waals surface area contributed by atoms with Gasteiger partial charge in [0.2, 0.25) is 0 Å². The molecule has 2 aromatic carbocycles. The van der Waals surface area contributed by atoms with Gasteiger partial charge in [-0.15, -0.1) is 0 Å². The third-order valence-corrected chi connectivity index (χ3v) is 5.51. The van der Waals surface area contributed by atoms with Gasteiger partial charge in [0.05, 0.1) is 12.0 Å². The van der Waals surface area contributed by atoms with Gasteiger partial charge < -0.3 is 14.9 Å². The number of carboxylic acids is 1. The fourth-order valence-corrected chi connectivity index (χ4v) is 3.74. The fraction of sp³-hybridized carbons (Fsp3) is 0.364. The van der Waals surface area contributed by atoms with Crippen LogP contribution in [0.4, 0.5) is 4.79 Å². The first-order chi connectivity index (χ1) is 13.0. The van der Waals surface area contributed by atoms with Crippen LogP contribution in [0.2, 0.25) is 0 Å². The molecule has 27 heavy (non-hydrogen) atoms. The molecule has 5 nitrogen and oxygen atoms in total. The molecule has 0 saturated carbocycles. The SMILES string of the molecule is CC(c1ccccc1)N(C)C(=O)N1CC(C(=O)O)CC(c2ccccc2)C1. The van der Waals surface area contributed by atoms with Crippen LogP contribution in [0.1, 0.15) is 36.4 Å². The highest BCUT2D eigenvalue weighted by Gasteiger charge is 2.36. The van der Waals surface area contributed by atoms with Crippen molar-refractivity contribution in [2.75, 3.05) is 20.1 Å². The summed E-state index contributed by atoms with van der Waals surface area (Å²) in [7, 11) is 1.78. The molecule has 0 bridgehead atoms. The Kier molecular flexibility index (Phi) is 5.79. The predicted octanol–water partition coefficient (Wildman–Crippen LogP) is 3.99. The summed E-state index contributed by atoms with van der Waals surface area (Å²) in [5, 5.41) is 9.58. The molecule has 0 aromatic heterocycles. The smallest absolute Gasteiger partial charge is 0.320 e. The van der Waals surface area contributed by atoms with E-state index in [1.54, 1.807) is 16.8 Å². The monoisotopic (exact) mass is 366 g/mol. The van der Waals surface area contributed by atoms with Crippen LogP contribution in [-0.4, -0.2) is 47.0 Å². The average Bonchev–Trinajstić information content (AvgIpc) is 2.73. The lowest BCUT2D eigenvalue weighted by Crippen LogP contribution is -2.50. The summed E-state index contributed by atoms with van der Waals surface area (Å²) in [6.45, 7) is 2.78. The van der Waals surface area contributed by atoms with Crippen LogP contribution in [0, 0.1) is 5.92 Å². The molecule has 1 aliphatic rings. The average molecular weight is 366 g/mol. The lowest BCUT2D eigenvalue weighted by Gasteiger charge is -2.39. The summed E-state index contributed by atoms with van der Waals surface area (Å²) in [6, 6.07) is 19.5. The number of aliphatic carboxylic acids is 1. The maximum absolute atomic E-state index is 13.1. The summed E-state index contributed by atoms with van der Waals surface area (Å²) in [5.74, 6) is -1.36. The number of likely N-dealkylation sites (tertiary alicyclic amines) is 1. The first-order valence-corrected chi connectivity index (χ1v) is 9.31. The molecular formula is C22H26N2O3. The second kappa shape index (κ2) is 8.25. The minimum absolute atomic E-state index is 0.0328. The molecule has 1 heterocycles. The number of rotatable bonds is 4. The molecule has 1 N–H and O–H groups in total. The van der Waals surface area contributed by atoms with E-state index in [0.717, 1.165) is 11.1 Å². The Balaban J connectivity index is 1.78. The molecule has 0 spiro atoms. The molecule has 3 rings (SSSR count). The molecule has 0 aliphatic carbocycles. The molecule has 2 amide bonds. The number of hydrogen-bond acceptors (Lipinski definition) is 2. The van der Waals surface area contributed by atoms with Crippen LogP contribution >= 0.6 is 0 Å². The molecule has 5 heteroatoms. The first kappa shape index (κ1) is 19.0. The van der Waals surface area contributed by atoms with Gasteiger partial charge in [0, 0.05) is 26.1 Å². The quantitative estimate of drug-likeness (QED) is 0.890. The second-order valence-corrected chi connectivity index (χ2v) is 7.26. The van der Waals surface area contributed by atoms with E-state index in [4.69, 9.17) is 0 Å². The lowest BCUT2D eigenvalue weighted by molar-refractivity contribution is -0.143. The van der Waals surface area contributed by atoms with E-state index in [-0.39, 0.29) is 24.5 Å². The van der Waals surface area contributed by atoms with Crippen molar-refractivity contribution in [3.63, 3.8) is 0 Å². The van der Waals surface area contributed by atoms with Crippen molar-refractivity contribution in [3.8, 4) is 0 Å². The summed E-state index contributed by atoms with van der Waals surface area (Å²) in [4.78, 5) is 28.2. The molecule has 3 atom stereocenters. The zero-order valence-electron chi connectivity index (χ0n) is 15.8. The van der Waals surface area contributed by atoms with Crippen LogP contribution in [0.25, 0.3) is 0 Å². The standard InChI is InChI=1S/C22H26N2O3/c1-16(17-9-5-3-6-10-17)23(2)22(27)24-14-19(13-20(15-24)21(25)26)18-11-7-4-8-12-18/h3-12,16,19-20H,13-15H2,1-2H3,(H,25,26). The van der Waals surface area contributed by atoms with Gasteiger partial charge in [-0.2, -0.15) is 0 Å². The summed E-state index contributed by atoms with van der Waals surface area (Å²) < 4.78 is 0. The number of carbonyl (C=O) groups is 2. The van der Waals surface area contributed by atoms with Gasteiger partial charge in [-0.1, -0.05) is 60.7 Å². The van der Waals surface area contributed by atoms with Crippen molar-refractivity contribution in [1.29, 1.82) is 0 Å². The van der Waals surface area contributed by atoms with E-state index in [1.807, 2.05) is 67.6 Å². The fourth-order valence-electron chi connectivity index (χ4n) is 3.74. The maximum atomic E-state index is 13.1.